The van der Waals surface area contributed by atoms with Crippen LogP contribution in [0.5, 0.6) is 0 Å². The Hall–Kier alpha value is -2.28. The maximum Gasteiger partial charge on any atom is 0.327 e. The van der Waals surface area contributed by atoms with Crippen LogP contribution in [-0.2, 0) is 156 Å². The molecule has 0 aliphatic carbocycles. The summed E-state index contributed by atoms with van der Waals surface area (Å²) in [5, 5.41) is 41.4. The van der Waals surface area contributed by atoms with E-state index < -0.39 is 72.4 Å². The molecule has 0 spiro atoms. The Kier molecular flexibility index (Phi) is 19.7. The molecule has 4 N–H and O–H groups in total. The van der Waals surface area contributed by atoms with Crippen molar-refractivity contribution in [3.8, 4) is 0 Å². The molecule has 0 saturated heterocycles. The number of hydrogen-bond donors (Lipinski definition) is 4. The van der Waals surface area contributed by atoms with E-state index in [1.54, 1.807) is 24.3 Å². The van der Waals surface area contributed by atoms with Crippen molar-refractivity contribution in [3.63, 3.8) is 0 Å². The molecule has 0 unspecified atom stereocenters. The molecule has 22 heteroatoms. The first-order valence-electron chi connectivity index (χ1n) is 13.7. The summed E-state index contributed by atoms with van der Waals surface area (Å²) in [6, 6.07) is 7.98. The van der Waals surface area contributed by atoms with Gasteiger partial charge in [0.25, 0.3) is 23.6 Å². The zero-order valence-corrected chi connectivity index (χ0v) is 33.1. The van der Waals surface area contributed by atoms with Crippen LogP contribution in [0.25, 0.3) is 43.1 Å². The van der Waals surface area contributed by atoms with Crippen molar-refractivity contribution < 1.29 is 195 Å². The molecule has 8 radical (unpaired) electrons. The van der Waals surface area contributed by atoms with Gasteiger partial charge in [0.2, 0.25) is 0 Å². The summed E-state index contributed by atoms with van der Waals surface area (Å²) in [7, 11) is 0. The van der Waals surface area contributed by atoms with Gasteiger partial charge in [-0.05, 0) is 56.6 Å². The maximum absolute atomic E-state index is 13.6. The summed E-state index contributed by atoms with van der Waals surface area (Å²) in [4.78, 5) is 102. The number of benzene rings is 5. The summed E-state index contributed by atoms with van der Waals surface area (Å²) >= 11 is 0. The van der Waals surface area contributed by atoms with Gasteiger partial charge in [-0.25, -0.2) is 9.59 Å². The van der Waals surface area contributed by atoms with E-state index in [0.717, 1.165) is 0 Å². The number of nitrogens with zero attached hydrogens (tertiary/aromatic N) is 2. The van der Waals surface area contributed by atoms with E-state index in [1.807, 2.05) is 0 Å². The molecule has 0 saturated carbocycles. The normalized spacial score (nSPS) is 13.4. The number of rotatable bonds is 8. The largest absolute Gasteiger partial charge is 0.481 e. The first-order valence-corrected chi connectivity index (χ1v) is 13.7. The molecular weight excluding hydrogens is 1110 g/mol. The van der Waals surface area contributed by atoms with Crippen LogP contribution in [0.4, 0.5) is 0 Å². The van der Waals surface area contributed by atoms with Gasteiger partial charge in [-0.15, -0.1) is 0 Å². The van der Waals surface area contributed by atoms with Gasteiger partial charge < -0.3 is 20.4 Å². The number of amides is 4. The van der Waals surface area contributed by atoms with Crippen molar-refractivity contribution in [2.24, 2.45) is 0 Å². The molecule has 2 aliphatic rings. The summed E-state index contributed by atoms with van der Waals surface area (Å²) in [5.74, 6) is -10.2. The van der Waals surface area contributed by atoms with Gasteiger partial charge in [0.1, 0.15) is 12.1 Å². The Labute approximate surface area is 387 Å². The van der Waals surface area contributed by atoms with Crippen LogP contribution in [-0.4, -0.2) is 89.8 Å². The van der Waals surface area contributed by atoms with E-state index in [4.69, 9.17) is 0 Å². The van der Waals surface area contributed by atoms with Crippen molar-refractivity contribution in [2.45, 2.75) is 24.9 Å². The van der Waals surface area contributed by atoms with Crippen LogP contribution in [0.1, 0.15) is 54.3 Å². The minimum atomic E-state index is -1.95. The van der Waals surface area contributed by atoms with Gasteiger partial charge in [-0.3, -0.25) is 38.6 Å². The Bertz CT molecular complexity index is 2090. The molecule has 5 aromatic carbocycles. The summed E-state index contributed by atoms with van der Waals surface area (Å²) in [6.07, 6.45) is -2.00. The fourth-order valence-corrected chi connectivity index (χ4v) is 6.78. The third kappa shape index (κ3) is 7.96. The molecule has 0 bridgehead atoms. The van der Waals surface area contributed by atoms with Crippen molar-refractivity contribution in [3.05, 3.63) is 70.8 Å². The smallest absolute Gasteiger partial charge is 0.327 e. The van der Waals surface area contributed by atoms with Crippen LogP contribution >= 0.6 is 0 Å². The summed E-state index contributed by atoms with van der Waals surface area (Å²) in [5.41, 5.74) is -0.0554. The number of carboxylic acids is 4. The van der Waals surface area contributed by atoms with Crippen molar-refractivity contribution in [1.29, 1.82) is 0 Å². The van der Waals surface area contributed by atoms with Crippen molar-refractivity contribution >= 4 is 90.6 Å². The first-order chi connectivity index (χ1) is 21.8. The Morgan fingerprint density at radius 1 is 0.407 bits per heavy atom. The average Bonchev–Trinajstić information content (AvgIpc) is 3.00. The molecule has 2 heterocycles. The fraction of sp³-hybridized carbons (Fsp3) is 0.125. The van der Waals surface area contributed by atoms with Crippen molar-refractivity contribution in [2.75, 3.05) is 0 Å². The molecule has 0 aromatic heterocycles. The van der Waals surface area contributed by atoms with Crippen LogP contribution in [0.15, 0.2) is 48.5 Å². The number of carbonyl (C=O) groups excluding carboxylic acids is 4. The zero-order valence-electron chi connectivity index (χ0n) is 25.5. The third-order valence-corrected chi connectivity index (χ3v) is 8.63. The number of imide groups is 2. The van der Waals surface area contributed by atoms with Gasteiger partial charge in [-0.2, -0.15) is 0 Å². The van der Waals surface area contributed by atoms with E-state index >= 15 is 0 Å². The molecular formula is C32H18Cu8N2O12. The molecule has 5 aromatic rings. The number of aliphatic carboxylic acids is 4. The van der Waals surface area contributed by atoms with E-state index in [0.29, 0.717) is 42.1 Å². The third-order valence-electron chi connectivity index (χ3n) is 8.63. The Balaban J connectivity index is 0. The second kappa shape index (κ2) is 19.7. The average molecular weight is 1130 g/mol. The monoisotopic (exact) mass is 1130 g/mol. The summed E-state index contributed by atoms with van der Waals surface area (Å²) < 4.78 is 0. The minimum Gasteiger partial charge on any atom is -0.481 e. The molecule has 2 atom stereocenters. The summed E-state index contributed by atoms with van der Waals surface area (Å²) in [6.45, 7) is 0. The molecule has 0 fully saturated rings. The van der Waals surface area contributed by atoms with Gasteiger partial charge in [0, 0.05) is 170 Å². The molecule has 316 valence electrons. The zero-order chi connectivity index (χ0) is 32.9. The predicted molar refractivity (Wildman–Crippen MR) is 156 cm³/mol. The number of hydrogen-bond acceptors (Lipinski definition) is 8. The number of fused-ring (bicyclic) bond motifs is 2. The van der Waals surface area contributed by atoms with E-state index in [2.05, 4.69) is 0 Å². The Morgan fingerprint density at radius 2 is 0.630 bits per heavy atom. The topological polar surface area (TPSA) is 224 Å². The fourth-order valence-electron chi connectivity index (χ4n) is 6.78. The molecule has 54 heavy (non-hydrogen) atoms. The van der Waals surface area contributed by atoms with Gasteiger partial charge in [-0.1, -0.05) is 24.3 Å². The van der Waals surface area contributed by atoms with Crippen LogP contribution < -0.4 is 0 Å². The van der Waals surface area contributed by atoms with Gasteiger partial charge in [0.15, 0.2) is 0 Å². The van der Waals surface area contributed by atoms with E-state index in [9.17, 15) is 58.8 Å². The molecule has 2 aliphatic heterocycles. The molecule has 14 nitrogen and oxygen atoms in total. The van der Waals surface area contributed by atoms with Gasteiger partial charge >= 0.3 is 23.9 Å². The van der Waals surface area contributed by atoms with Crippen LogP contribution in [0, 0.1) is 0 Å². The maximum atomic E-state index is 13.6. The SMILES string of the molecule is O=C(O)C[C@H](C(=O)O)N1C(=O)c2ccc3c4ccc5c6c(ccc(c7ccc(c2c37)C1=O)c64)C(=O)N([C@H](CC(=O)O)C(=O)O)C5=O.[Cu].[Cu].[Cu].[Cu].[Cu].[Cu].[Cu].[Cu]. The van der Waals surface area contributed by atoms with Crippen LogP contribution in [0.2, 0.25) is 0 Å². The van der Waals surface area contributed by atoms with Crippen LogP contribution in [0.3, 0.4) is 0 Å². The molecule has 7 rings (SSSR count). The van der Waals surface area contributed by atoms with Gasteiger partial charge in [0.05, 0.1) is 12.8 Å². The standard InChI is InChI=1S/C32H18N2O12.8Cu/c35-21(36)9-19(31(43)44)33-27(39)15-5-1-11-12-2-6-17-26-18(30(42)34(29(17)41)20(32(45)46)10-22(37)38)8-4-14(24(12)26)13-3-7-16(28(33)40)25(15)23(11)13;;;;;;;;/h1-8,19-20H,9-10H2,(H,35,36)(H,37,38)(H,43,44)(H,45,46);;;;;;;;/t19-,20-;;;;;;;;/m1......../s1. The Morgan fingerprint density at radius 3 is 0.815 bits per heavy atom. The van der Waals surface area contributed by atoms with E-state index in [1.165, 1.54) is 24.3 Å². The minimum absolute atomic E-state index is 0. The number of carboxylic acid groups (broad SMARTS) is 4. The van der Waals surface area contributed by atoms with E-state index in [-0.39, 0.29) is 170 Å². The first kappa shape index (κ1) is 53.8. The second-order valence-corrected chi connectivity index (χ2v) is 11.0. The quantitative estimate of drug-likeness (QED) is 0.0763. The molecule has 4 amide bonds. The number of carbonyl (C=O) groups is 8. The van der Waals surface area contributed by atoms with Crippen molar-refractivity contribution in [1.82, 2.24) is 9.80 Å². The predicted octanol–water partition coefficient (Wildman–Crippen LogP) is 2.76. The second-order valence-electron chi connectivity index (χ2n) is 11.0.